The summed E-state index contributed by atoms with van der Waals surface area (Å²) in [6.45, 7) is 7.00. The molecule has 2 heterocycles. The smallest absolute Gasteiger partial charge is 0.323 e. The van der Waals surface area contributed by atoms with Crippen molar-refractivity contribution in [2.45, 2.75) is 33.2 Å². The summed E-state index contributed by atoms with van der Waals surface area (Å²) in [5.41, 5.74) is 0.959. The Kier molecular flexibility index (Phi) is 4.50. The second-order valence-corrected chi connectivity index (χ2v) is 5.85. The highest BCUT2D eigenvalue weighted by Crippen LogP contribution is 2.16. The van der Waals surface area contributed by atoms with Crippen LogP contribution in [0, 0.1) is 12.8 Å². The van der Waals surface area contributed by atoms with E-state index in [2.05, 4.69) is 15.7 Å². The Morgan fingerprint density at radius 3 is 2.86 bits per heavy atom. The van der Waals surface area contributed by atoms with Crippen LogP contribution in [0.5, 0.6) is 0 Å². The number of nitrogens with zero attached hydrogens (tertiary/aromatic N) is 3. The lowest BCUT2D eigenvalue weighted by molar-refractivity contribution is -0.128. The standard InChI is InChI=1S/C14H23N5O2/c1-9(2)7-11-13(20)15-5-6-19(11)14(21)16-12-8-10(3)18(4)17-12/h8-9,11H,5-7H2,1-4H3,(H,15,20)(H,16,17,21). The van der Waals surface area contributed by atoms with Crippen molar-refractivity contribution in [3.05, 3.63) is 11.8 Å². The van der Waals surface area contributed by atoms with E-state index < -0.39 is 6.04 Å². The zero-order valence-electron chi connectivity index (χ0n) is 13.0. The molecule has 0 bridgehead atoms. The molecule has 116 valence electrons. The number of hydrogen-bond donors (Lipinski definition) is 2. The monoisotopic (exact) mass is 293 g/mol. The average molecular weight is 293 g/mol. The SMILES string of the molecule is Cc1cc(NC(=O)N2CCNC(=O)C2CC(C)C)nn1C. The van der Waals surface area contributed by atoms with Crippen molar-refractivity contribution in [3.63, 3.8) is 0 Å². The predicted molar refractivity (Wildman–Crippen MR) is 79.9 cm³/mol. The van der Waals surface area contributed by atoms with Crippen LogP contribution < -0.4 is 10.6 Å². The van der Waals surface area contributed by atoms with Gasteiger partial charge in [0.2, 0.25) is 5.91 Å². The molecule has 7 heteroatoms. The maximum absolute atomic E-state index is 12.4. The molecule has 1 aromatic rings. The first-order valence-electron chi connectivity index (χ1n) is 7.24. The van der Waals surface area contributed by atoms with Crippen molar-refractivity contribution in [2.75, 3.05) is 18.4 Å². The van der Waals surface area contributed by atoms with Crippen LogP contribution in [-0.2, 0) is 11.8 Å². The largest absolute Gasteiger partial charge is 0.353 e. The van der Waals surface area contributed by atoms with Gasteiger partial charge in [-0.2, -0.15) is 5.10 Å². The summed E-state index contributed by atoms with van der Waals surface area (Å²) < 4.78 is 1.70. The number of aryl methyl sites for hydroxylation is 2. The molecule has 1 atom stereocenters. The molecule has 1 aliphatic heterocycles. The van der Waals surface area contributed by atoms with E-state index in [1.807, 2.05) is 27.8 Å². The minimum atomic E-state index is -0.413. The predicted octanol–water partition coefficient (Wildman–Crippen LogP) is 1.11. The van der Waals surface area contributed by atoms with E-state index in [4.69, 9.17) is 0 Å². The summed E-state index contributed by atoms with van der Waals surface area (Å²) in [6, 6.07) is 1.12. The molecule has 0 spiro atoms. The van der Waals surface area contributed by atoms with Crippen LogP contribution in [0.1, 0.15) is 26.0 Å². The zero-order chi connectivity index (χ0) is 15.6. The van der Waals surface area contributed by atoms with Gasteiger partial charge in [0.05, 0.1) is 0 Å². The molecule has 0 aliphatic carbocycles. The van der Waals surface area contributed by atoms with Gasteiger partial charge in [0, 0.05) is 31.9 Å². The van der Waals surface area contributed by atoms with Crippen LogP contribution in [0.25, 0.3) is 0 Å². The molecule has 7 nitrogen and oxygen atoms in total. The fraction of sp³-hybridized carbons (Fsp3) is 0.643. The van der Waals surface area contributed by atoms with Gasteiger partial charge in [0.15, 0.2) is 5.82 Å². The molecule has 0 radical (unpaired) electrons. The third-order valence-corrected chi connectivity index (χ3v) is 3.64. The first-order chi connectivity index (χ1) is 9.88. The van der Waals surface area contributed by atoms with Crippen molar-refractivity contribution >= 4 is 17.8 Å². The van der Waals surface area contributed by atoms with Crippen molar-refractivity contribution in [3.8, 4) is 0 Å². The normalized spacial score (nSPS) is 18.8. The summed E-state index contributed by atoms with van der Waals surface area (Å²) >= 11 is 0. The van der Waals surface area contributed by atoms with E-state index in [9.17, 15) is 9.59 Å². The number of carbonyl (C=O) groups is 2. The maximum Gasteiger partial charge on any atom is 0.323 e. The second kappa shape index (κ2) is 6.15. The van der Waals surface area contributed by atoms with Gasteiger partial charge in [0.25, 0.3) is 0 Å². The number of rotatable bonds is 3. The van der Waals surface area contributed by atoms with Gasteiger partial charge in [-0.3, -0.25) is 14.8 Å². The fourth-order valence-electron chi connectivity index (χ4n) is 2.44. The third kappa shape index (κ3) is 3.53. The van der Waals surface area contributed by atoms with Crippen LogP contribution in [0.15, 0.2) is 6.07 Å². The second-order valence-electron chi connectivity index (χ2n) is 5.85. The van der Waals surface area contributed by atoms with Gasteiger partial charge in [-0.05, 0) is 19.3 Å². The van der Waals surface area contributed by atoms with Gasteiger partial charge in [-0.1, -0.05) is 13.8 Å². The van der Waals surface area contributed by atoms with Crippen molar-refractivity contribution in [1.82, 2.24) is 20.0 Å². The van der Waals surface area contributed by atoms with Gasteiger partial charge in [-0.15, -0.1) is 0 Å². The van der Waals surface area contributed by atoms with E-state index in [1.165, 1.54) is 0 Å². The van der Waals surface area contributed by atoms with Crippen LogP contribution in [0.3, 0.4) is 0 Å². The van der Waals surface area contributed by atoms with E-state index >= 15 is 0 Å². The molecule has 1 aliphatic rings. The molecule has 0 saturated carbocycles. The summed E-state index contributed by atoms with van der Waals surface area (Å²) in [6.07, 6.45) is 0.653. The summed E-state index contributed by atoms with van der Waals surface area (Å²) in [4.78, 5) is 26.0. The lowest BCUT2D eigenvalue weighted by atomic mass is 10.0. The van der Waals surface area contributed by atoms with E-state index in [0.717, 1.165) is 5.69 Å². The minimum absolute atomic E-state index is 0.0812. The van der Waals surface area contributed by atoms with E-state index in [-0.39, 0.29) is 11.9 Å². The average Bonchev–Trinajstić information content (AvgIpc) is 2.70. The topological polar surface area (TPSA) is 79.3 Å². The Labute approximate surface area is 124 Å². The Bertz CT molecular complexity index is 518. The van der Waals surface area contributed by atoms with Crippen molar-refractivity contribution in [2.24, 2.45) is 13.0 Å². The van der Waals surface area contributed by atoms with Crippen LogP contribution >= 0.6 is 0 Å². The lowest BCUT2D eigenvalue weighted by Crippen LogP contribution is -2.58. The highest BCUT2D eigenvalue weighted by atomic mass is 16.2. The van der Waals surface area contributed by atoms with Gasteiger partial charge in [-0.25, -0.2) is 4.79 Å². The molecular formula is C14H23N5O2. The molecular weight excluding hydrogens is 270 g/mol. The summed E-state index contributed by atoms with van der Waals surface area (Å²) in [7, 11) is 1.82. The third-order valence-electron chi connectivity index (χ3n) is 3.64. The number of hydrogen-bond acceptors (Lipinski definition) is 3. The Hall–Kier alpha value is -2.05. The molecule has 1 unspecified atom stereocenters. The van der Waals surface area contributed by atoms with Crippen LogP contribution in [0.2, 0.25) is 0 Å². The van der Waals surface area contributed by atoms with E-state index in [1.54, 1.807) is 15.6 Å². The fourth-order valence-corrected chi connectivity index (χ4v) is 2.44. The Balaban J connectivity index is 2.09. The number of carbonyl (C=O) groups excluding carboxylic acids is 2. The number of piperazine rings is 1. The molecule has 1 aromatic heterocycles. The van der Waals surface area contributed by atoms with Gasteiger partial charge < -0.3 is 10.2 Å². The highest BCUT2D eigenvalue weighted by molar-refractivity contribution is 5.94. The number of aromatic nitrogens is 2. The Morgan fingerprint density at radius 2 is 2.29 bits per heavy atom. The molecule has 21 heavy (non-hydrogen) atoms. The van der Waals surface area contributed by atoms with Crippen LogP contribution in [0.4, 0.5) is 10.6 Å². The lowest BCUT2D eigenvalue weighted by Gasteiger charge is -2.35. The summed E-state index contributed by atoms with van der Waals surface area (Å²) in [5.74, 6) is 0.767. The Morgan fingerprint density at radius 1 is 1.57 bits per heavy atom. The van der Waals surface area contributed by atoms with Crippen molar-refractivity contribution in [1.29, 1.82) is 0 Å². The molecule has 2 N–H and O–H groups in total. The molecule has 0 aromatic carbocycles. The first kappa shape index (κ1) is 15.3. The van der Waals surface area contributed by atoms with Crippen LogP contribution in [-0.4, -0.2) is 45.8 Å². The summed E-state index contributed by atoms with van der Waals surface area (Å²) in [5, 5.41) is 9.80. The zero-order valence-corrected chi connectivity index (χ0v) is 13.0. The molecule has 1 saturated heterocycles. The molecule has 2 rings (SSSR count). The van der Waals surface area contributed by atoms with Gasteiger partial charge in [0.1, 0.15) is 6.04 Å². The number of amides is 3. The molecule has 3 amide bonds. The molecule has 1 fully saturated rings. The first-order valence-corrected chi connectivity index (χ1v) is 7.24. The quantitative estimate of drug-likeness (QED) is 0.876. The maximum atomic E-state index is 12.4. The minimum Gasteiger partial charge on any atom is -0.353 e. The van der Waals surface area contributed by atoms with Crippen molar-refractivity contribution < 1.29 is 9.59 Å². The van der Waals surface area contributed by atoms with E-state index in [0.29, 0.717) is 31.2 Å². The van der Waals surface area contributed by atoms with Gasteiger partial charge >= 0.3 is 6.03 Å². The number of anilines is 1. The number of nitrogens with one attached hydrogen (secondary N) is 2. The highest BCUT2D eigenvalue weighted by Gasteiger charge is 2.33. The number of urea groups is 1.